The molecule has 1 aliphatic rings. The third kappa shape index (κ3) is 3.66. The van der Waals surface area contributed by atoms with Gasteiger partial charge in [-0.3, -0.25) is 4.98 Å². The average Bonchev–Trinajstić information content (AvgIpc) is 2.82. The van der Waals surface area contributed by atoms with Gasteiger partial charge in [-0.1, -0.05) is 12.8 Å². The van der Waals surface area contributed by atoms with Crippen molar-refractivity contribution in [2.24, 2.45) is 0 Å². The van der Waals surface area contributed by atoms with Crippen LogP contribution in [0.25, 0.3) is 0 Å². The highest BCUT2D eigenvalue weighted by molar-refractivity contribution is 5.33. The Morgan fingerprint density at radius 2 is 2.06 bits per heavy atom. The summed E-state index contributed by atoms with van der Waals surface area (Å²) in [5.74, 6) is 0.836. The van der Waals surface area contributed by atoms with Crippen LogP contribution in [0.2, 0.25) is 0 Å². The summed E-state index contributed by atoms with van der Waals surface area (Å²) in [5, 5.41) is 3.24. The zero-order chi connectivity index (χ0) is 12.1. The number of ether oxygens (including phenoxy) is 1. The Bertz CT molecular complexity index is 362. The zero-order valence-corrected chi connectivity index (χ0v) is 10.7. The molecule has 1 aromatic rings. The van der Waals surface area contributed by atoms with Crippen molar-refractivity contribution >= 4 is 5.82 Å². The number of nitrogens with one attached hydrogen (secondary N) is 1. The van der Waals surface area contributed by atoms with Crippen LogP contribution in [0.5, 0.6) is 0 Å². The van der Waals surface area contributed by atoms with Crippen molar-refractivity contribution < 1.29 is 4.74 Å². The van der Waals surface area contributed by atoms with Crippen molar-refractivity contribution in [3.8, 4) is 0 Å². The number of anilines is 1. The summed E-state index contributed by atoms with van der Waals surface area (Å²) in [5.41, 5.74) is 1.96. The van der Waals surface area contributed by atoms with E-state index in [1.807, 2.05) is 13.8 Å². The molecule has 0 spiro atoms. The third-order valence-corrected chi connectivity index (χ3v) is 3.26. The minimum absolute atomic E-state index is 0.489. The van der Waals surface area contributed by atoms with Gasteiger partial charge in [-0.05, 0) is 26.7 Å². The summed E-state index contributed by atoms with van der Waals surface area (Å²) in [6.07, 6.45) is 7.36. The number of hydrogen-bond acceptors (Lipinski definition) is 4. The Kier molecular flexibility index (Phi) is 4.31. The molecular formula is C13H21N3O. The summed E-state index contributed by atoms with van der Waals surface area (Å²) < 4.78 is 5.77. The fourth-order valence-corrected chi connectivity index (χ4v) is 2.09. The van der Waals surface area contributed by atoms with E-state index in [9.17, 15) is 0 Å². The number of nitrogens with zero attached hydrogens (tertiary/aromatic N) is 2. The Hall–Kier alpha value is -1.16. The molecular weight excluding hydrogens is 214 g/mol. The Morgan fingerprint density at radius 3 is 2.76 bits per heavy atom. The van der Waals surface area contributed by atoms with Crippen molar-refractivity contribution in [1.29, 1.82) is 0 Å². The van der Waals surface area contributed by atoms with Crippen LogP contribution in [0.3, 0.4) is 0 Å². The van der Waals surface area contributed by atoms with Crippen LogP contribution in [0.1, 0.15) is 37.1 Å². The molecule has 4 heteroatoms. The molecule has 0 aromatic carbocycles. The van der Waals surface area contributed by atoms with Crippen LogP contribution >= 0.6 is 0 Å². The average molecular weight is 235 g/mol. The molecule has 17 heavy (non-hydrogen) atoms. The molecule has 0 bridgehead atoms. The second kappa shape index (κ2) is 5.96. The SMILES string of the molecule is Cc1ncc(NCCOC2CCCC2)nc1C. The van der Waals surface area contributed by atoms with Crippen LogP contribution < -0.4 is 5.32 Å². The molecule has 1 aliphatic carbocycles. The highest BCUT2D eigenvalue weighted by Crippen LogP contribution is 2.20. The number of aromatic nitrogens is 2. The van der Waals surface area contributed by atoms with E-state index in [0.29, 0.717) is 6.10 Å². The lowest BCUT2D eigenvalue weighted by atomic mass is 10.3. The van der Waals surface area contributed by atoms with Gasteiger partial charge in [-0.2, -0.15) is 0 Å². The van der Waals surface area contributed by atoms with Gasteiger partial charge in [0.2, 0.25) is 0 Å². The molecule has 2 rings (SSSR count). The third-order valence-electron chi connectivity index (χ3n) is 3.26. The summed E-state index contributed by atoms with van der Waals surface area (Å²) in [6.45, 7) is 5.49. The van der Waals surface area contributed by atoms with Gasteiger partial charge in [-0.25, -0.2) is 4.98 Å². The van der Waals surface area contributed by atoms with Gasteiger partial charge in [0.05, 0.1) is 30.3 Å². The van der Waals surface area contributed by atoms with E-state index in [4.69, 9.17) is 4.74 Å². The fourth-order valence-electron chi connectivity index (χ4n) is 2.09. The summed E-state index contributed by atoms with van der Waals surface area (Å²) in [6, 6.07) is 0. The molecule has 0 saturated heterocycles. The molecule has 1 saturated carbocycles. The maximum absolute atomic E-state index is 5.77. The maximum atomic E-state index is 5.77. The highest BCUT2D eigenvalue weighted by Gasteiger charge is 2.14. The van der Waals surface area contributed by atoms with Gasteiger partial charge in [-0.15, -0.1) is 0 Å². The maximum Gasteiger partial charge on any atom is 0.144 e. The van der Waals surface area contributed by atoms with Gasteiger partial charge in [0.15, 0.2) is 0 Å². The second-order valence-corrected chi connectivity index (χ2v) is 4.63. The van der Waals surface area contributed by atoms with E-state index < -0.39 is 0 Å². The minimum Gasteiger partial charge on any atom is -0.376 e. The smallest absolute Gasteiger partial charge is 0.144 e. The molecule has 94 valence electrons. The van der Waals surface area contributed by atoms with E-state index in [2.05, 4.69) is 15.3 Å². The van der Waals surface area contributed by atoms with Crippen LogP contribution in [0, 0.1) is 13.8 Å². The van der Waals surface area contributed by atoms with Crippen LogP contribution in [0.15, 0.2) is 6.20 Å². The van der Waals surface area contributed by atoms with E-state index in [1.165, 1.54) is 25.7 Å². The second-order valence-electron chi connectivity index (χ2n) is 4.63. The van der Waals surface area contributed by atoms with E-state index >= 15 is 0 Å². The number of rotatable bonds is 5. The van der Waals surface area contributed by atoms with Crippen molar-refractivity contribution in [2.45, 2.75) is 45.6 Å². The van der Waals surface area contributed by atoms with Crippen LogP contribution in [0.4, 0.5) is 5.82 Å². The zero-order valence-electron chi connectivity index (χ0n) is 10.7. The van der Waals surface area contributed by atoms with Crippen molar-refractivity contribution in [3.63, 3.8) is 0 Å². The number of aryl methyl sites for hydroxylation is 2. The monoisotopic (exact) mass is 235 g/mol. The quantitative estimate of drug-likeness (QED) is 0.796. The molecule has 0 atom stereocenters. The molecule has 4 nitrogen and oxygen atoms in total. The predicted molar refractivity (Wildman–Crippen MR) is 68.2 cm³/mol. The standard InChI is InChI=1S/C13H21N3O/c1-10-11(2)16-13(9-15-10)14-7-8-17-12-5-3-4-6-12/h9,12H,3-8H2,1-2H3,(H,14,16). The van der Waals surface area contributed by atoms with Gasteiger partial charge < -0.3 is 10.1 Å². The molecule has 1 aromatic heterocycles. The Morgan fingerprint density at radius 1 is 1.29 bits per heavy atom. The van der Waals surface area contributed by atoms with Crippen molar-refractivity contribution in [3.05, 3.63) is 17.6 Å². The largest absolute Gasteiger partial charge is 0.376 e. The topological polar surface area (TPSA) is 47.0 Å². The fraction of sp³-hybridized carbons (Fsp3) is 0.692. The normalized spacial score (nSPS) is 16.4. The summed E-state index contributed by atoms with van der Waals surface area (Å²) in [7, 11) is 0. The number of hydrogen-bond donors (Lipinski definition) is 1. The first-order chi connectivity index (χ1) is 8.25. The Balaban J connectivity index is 1.68. The minimum atomic E-state index is 0.489. The molecule has 0 unspecified atom stereocenters. The van der Waals surface area contributed by atoms with Gasteiger partial charge >= 0.3 is 0 Å². The lowest BCUT2D eigenvalue weighted by Gasteiger charge is -2.12. The van der Waals surface area contributed by atoms with Gasteiger partial charge in [0.1, 0.15) is 5.82 Å². The van der Waals surface area contributed by atoms with E-state index in [-0.39, 0.29) is 0 Å². The first kappa shape index (κ1) is 12.3. The highest BCUT2D eigenvalue weighted by atomic mass is 16.5. The lowest BCUT2D eigenvalue weighted by molar-refractivity contribution is 0.0658. The van der Waals surface area contributed by atoms with Crippen molar-refractivity contribution in [2.75, 3.05) is 18.5 Å². The van der Waals surface area contributed by atoms with Crippen LogP contribution in [-0.4, -0.2) is 29.2 Å². The van der Waals surface area contributed by atoms with E-state index in [0.717, 1.165) is 30.4 Å². The molecule has 0 radical (unpaired) electrons. The first-order valence-electron chi connectivity index (χ1n) is 6.41. The van der Waals surface area contributed by atoms with Crippen molar-refractivity contribution in [1.82, 2.24) is 9.97 Å². The lowest BCUT2D eigenvalue weighted by Crippen LogP contribution is -2.16. The molecule has 1 fully saturated rings. The predicted octanol–water partition coefficient (Wildman–Crippen LogP) is 2.46. The molecule has 1 N–H and O–H groups in total. The van der Waals surface area contributed by atoms with E-state index in [1.54, 1.807) is 6.20 Å². The van der Waals surface area contributed by atoms with Crippen LogP contribution in [-0.2, 0) is 4.74 Å². The van der Waals surface area contributed by atoms with Gasteiger partial charge in [0.25, 0.3) is 0 Å². The Labute approximate surface area is 103 Å². The molecule has 1 heterocycles. The first-order valence-corrected chi connectivity index (χ1v) is 6.41. The summed E-state index contributed by atoms with van der Waals surface area (Å²) in [4.78, 5) is 8.68. The molecule has 0 amide bonds. The molecule has 0 aliphatic heterocycles. The summed E-state index contributed by atoms with van der Waals surface area (Å²) >= 11 is 0. The van der Waals surface area contributed by atoms with Gasteiger partial charge in [0, 0.05) is 6.54 Å².